The van der Waals surface area contributed by atoms with Gasteiger partial charge in [-0.15, -0.1) is 0 Å². The molecule has 3 heteroatoms. The van der Waals surface area contributed by atoms with Gasteiger partial charge in [0.15, 0.2) is 0 Å². The Morgan fingerprint density at radius 3 is 2.82 bits per heavy atom. The maximum Gasteiger partial charge on any atom is 0.0693 e. The number of hydrogen-bond acceptors (Lipinski definition) is 2. The molecule has 1 fully saturated rings. The van der Waals surface area contributed by atoms with Crippen LogP contribution in [0.2, 0.25) is 0 Å². The minimum Gasteiger partial charge on any atom is -0.270 e. The zero-order chi connectivity index (χ0) is 12.3. The van der Waals surface area contributed by atoms with Crippen LogP contribution in [0.1, 0.15) is 57.7 Å². The Kier molecular flexibility index (Phi) is 3.51. The van der Waals surface area contributed by atoms with Crippen LogP contribution in [-0.4, -0.2) is 9.78 Å². The first-order valence-corrected chi connectivity index (χ1v) is 6.64. The van der Waals surface area contributed by atoms with Crippen molar-refractivity contribution in [2.75, 3.05) is 0 Å². The van der Waals surface area contributed by atoms with Gasteiger partial charge in [0, 0.05) is 18.7 Å². The first kappa shape index (κ1) is 12.2. The van der Waals surface area contributed by atoms with Gasteiger partial charge in [0.25, 0.3) is 0 Å². The highest BCUT2D eigenvalue weighted by Crippen LogP contribution is 2.40. The molecule has 92 valence electrons. The largest absolute Gasteiger partial charge is 0.270 e. The molecule has 1 saturated carbocycles. The molecule has 1 heterocycles. The van der Waals surface area contributed by atoms with Crippen LogP contribution in [0.3, 0.4) is 0 Å². The molecule has 17 heavy (non-hydrogen) atoms. The highest BCUT2D eigenvalue weighted by atomic mass is 15.3. The summed E-state index contributed by atoms with van der Waals surface area (Å²) >= 11 is 0. The van der Waals surface area contributed by atoms with Crippen molar-refractivity contribution in [2.24, 2.45) is 5.41 Å². The van der Waals surface area contributed by atoms with E-state index in [1.165, 1.54) is 12.8 Å². The molecule has 1 aromatic rings. The van der Waals surface area contributed by atoms with Gasteiger partial charge in [-0.3, -0.25) is 4.68 Å². The van der Waals surface area contributed by atoms with Crippen molar-refractivity contribution < 1.29 is 0 Å². The van der Waals surface area contributed by atoms with Crippen molar-refractivity contribution in [3.63, 3.8) is 0 Å². The summed E-state index contributed by atoms with van der Waals surface area (Å²) in [4.78, 5) is 0. The maximum absolute atomic E-state index is 9.36. The molecule has 0 aromatic carbocycles. The van der Waals surface area contributed by atoms with Crippen molar-refractivity contribution >= 4 is 0 Å². The summed E-state index contributed by atoms with van der Waals surface area (Å²) in [6.45, 7) is 4.34. The van der Waals surface area contributed by atoms with E-state index < -0.39 is 0 Å². The molecule has 3 nitrogen and oxygen atoms in total. The molecule has 1 aliphatic carbocycles. The lowest BCUT2D eigenvalue weighted by Gasteiger charge is -2.18. The van der Waals surface area contributed by atoms with E-state index in [1.807, 2.05) is 10.9 Å². The summed E-state index contributed by atoms with van der Waals surface area (Å²) in [6, 6.07) is 5.05. The van der Waals surface area contributed by atoms with Crippen LogP contribution in [-0.2, 0) is 6.42 Å². The molecular formula is C14H21N3. The second-order valence-electron chi connectivity index (χ2n) is 5.32. The monoisotopic (exact) mass is 231 g/mol. The minimum atomic E-state index is -0.130. The van der Waals surface area contributed by atoms with E-state index >= 15 is 0 Å². The Bertz CT molecular complexity index is 407. The lowest BCUT2D eigenvalue weighted by molar-refractivity contribution is 0.396. The molecule has 1 atom stereocenters. The topological polar surface area (TPSA) is 41.6 Å². The van der Waals surface area contributed by atoms with Crippen LogP contribution in [0.25, 0.3) is 0 Å². The van der Waals surface area contributed by atoms with Crippen LogP contribution in [0.15, 0.2) is 12.3 Å². The van der Waals surface area contributed by atoms with Crippen LogP contribution in [0.4, 0.5) is 0 Å². The fraction of sp³-hybridized carbons (Fsp3) is 0.714. The first-order valence-electron chi connectivity index (χ1n) is 6.64. The van der Waals surface area contributed by atoms with Crippen LogP contribution >= 0.6 is 0 Å². The minimum absolute atomic E-state index is 0.130. The van der Waals surface area contributed by atoms with Gasteiger partial charge in [-0.25, -0.2) is 0 Å². The third-order valence-corrected chi connectivity index (χ3v) is 4.02. The van der Waals surface area contributed by atoms with E-state index in [0.717, 1.165) is 31.4 Å². The average Bonchev–Trinajstić information content (AvgIpc) is 2.98. The number of aromatic nitrogens is 2. The van der Waals surface area contributed by atoms with Gasteiger partial charge >= 0.3 is 0 Å². The fourth-order valence-corrected chi connectivity index (χ4v) is 2.63. The summed E-state index contributed by atoms with van der Waals surface area (Å²) in [5.41, 5.74) is 0.947. The molecule has 0 spiro atoms. The quantitative estimate of drug-likeness (QED) is 0.796. The Hall–Kier alpha value is -1.30. The standard InChI is InChI=1S/C14H21N3/c1-3-12(2)17-9-6-13(16-17)10-14(11-15)7-4-5-8-14/h6,9,12H,3-5,7-8,10H2,1-2H3. The van der Waals surface area contributed by atoms with Gasteiger partial charge in [0.1, 0.15) is 0 Å². The van der Waals surface area contributed by atoms with Crippen molar-refractivity contribution in [1.29, 1.82) is 5.26 Å². The Morgan fingerprint density at radius 1 is 1.53 bits per heavy atom. The van der Waals surface area contributed by atoms with Gasteiger partial charge in [-0.1, -0.05) is 19.8 Å². The predicted octanol–water partition coefficient (Wildman–Crippen LogP) is 3.48. The molecular weight excluding hydrogens is 210 g/mol. The third kappa shape index (κ3) is 2.52. The summed E-state index contributed by atoms with van der Waals surface area (Å²) in [7, 11) is 0. The molecule has 1 unspecified atom stereocenters. The Labute approximate surface area is 103 Å². The van der Waals surface area contributed by atoms with E-state index in [2.05, 4.69) is 31.1 Å². The molecule has 0 amide bonds. The molecule has 0 radical (unpaired) electrons. The zero-order valence-corrected chi connectivity index (χ0v) is 10.8. The van der Waals surface area contributed by atoms with Gasteiger partial charge in [0.2, 0.25) is 0 Å². The fourth-order valence-electron chi connectivity index (χ4n) is 2.63. The smallest absolute Gasteiger partial charge is 0.0693 e. The van der Waals surface area contributed by atoms with Crippen LogP contribution in [0.5, 0.6) is 0 Å². The Balaban J connectivity index is 2.08. The number of hydrogen-bond donors (Lipinski definition) is 0. The number of rotatable bonds is 4. The summed E-state index contributed by atoms with van der Waals surface area (Å²) in [6.07, 6.45) is 8.43. The molecule has 1 aliphatic rings. The summed E-state index contributed by atoms with van der Waals surface area (Å²) in [5.74, 6) is 0. The van der Waals surface area contributed by atoms with Crippen LogP contribution in [0, 0.1) is 16.7 Å². The summed E-state index contributed by atoms with van der Waals surface area (Å²) < 4.78 is 2.02. The van der Waals surface area contributed by atoms with Gasteiger partial charge < -0.3 is 0 Å². The highest BCUT2D eigenvalue weighted by molar-refractivity contribution is 5.12. The molecule has 0 saturated heterocycles. The zero-order valence-electron chi connectivity index (χ0n) is 10.8. The molecule has 0 bridgehead atoms. The molecule has 0 N–H and O–H groups in total. The number of nitrogens with zero attached hydrogens (tertiary/aromatic N) is 3. The molecule has 0 aliphatic heterocycles. The van der Waals surface area contributed by atoms with E-state index in [1.54, 1.807) is 0 Å². The third-order valence-electron chi connectivity index (χ3n) is 4.02. The highest BCUT2D eigenvalue weighted by Gasteiger charge is 2.34. The SMILES string of the molecule is CCC(C)n1ccc(CC2(C#N)CCCC2)n1. The van der Waals surface area contributed by atoms with Gasteiger partial charge in [-0.2, -0.15) is 10.4 Å². The molecule has 1 aromatic heterocycles. The Morgan fingerprint density at radius 2 is 2.24 bits per heavy atom. The van der Waals surface area contributed by atoms with Gasteiger partial charge in [0.05, 0.1) is 17.2 Å². The lowest BCUT2D eigenvalue weighted by atomic mass is 9.83. The van der Waals surface area contributed by atoms with Crippen molar-refractivity contribution in [2.45, 2.75) is 58.4 Å². The normalized spacial score (nSPS) is 20.1. The van der Waals surface area contributed by atoms with E-state index in [0.29, 0.717) is 6.04 Å². The lowest BCUT2D eigenvalue weighted by Crippen LogP contribution is -2.17. The summed E-state index contributed by atoms with van der Waals surface area (Å²) in [5, 5.41) is 14.0. The van der Waals surface area contributed by atoms with Crippen molar-refractivity contribution in [1.82, 2.24) is 9.78 Å². The second kappa shape index (κ2) is 4.91. The van der Waals surface area contributed by atoms with Crippen molar-refractivity contribution in [3.05, 3.63) is 18.0 Å². The molecule has 2 rings (SSSR count). The first-order chi connectivity index (χ1) is 8.19. The maximum atomic E-state index is 9.36. The van der Waals surface area contributed by atoms with Gasteiger partial charge in [-0.05, 0) is 32.3 Å². The number of nitriles is 1. The van der Waals surface area contributed by atoms with E-state index in [-0.39, 0.29) is 5.41 Å². The predicted molar refractivity (Wildman–Crippen MR) is 67.4 cm³/mol. The van der Waals surface area contributed by atoms with Crippen LogP contribution < -0.4 is 0 Å². The van der Waals surface area contributed by atoms with E-state index in [9.17, 15) is 5.26 Å². The van der Waals surface area contributed by atoms with E-state index in [4.69, 9.17) is 0 Å². The van der Waals surface area contributed by atoms with Crippen molar-refractivity contribution in [3.8, 4) is 6.07 Å². The average molecular weight is 231 g/mol. The second-order valence-corrected chi connectivity index (χ2v) is 5.32.